The van der Waals surface area contributed by atoms with E-state index in [1.807, 2.05) is 0 Å². The van der Waals surface area contributed by atoms with Crippen molar-refractivity contribution < 1.29 is 9.90 Å². The summed E-state index contributed by atoms with van der Waals surface area (Å²) in [6.45, 7) is 0.589. The molecule has 0 radical (unpaired) electrons. The molecule has 0 aromatic heterocycles. The average Bonchev–Trinajstić information content (AvgIpc) is 2.40. The fourth-order valence-corrected chi connectivity index (χ4v) is 2.92. The first-order chi connectivity index (χ1) is 9.08. The molecule has 2 unspecified atom stereocenters. The van der Waals surface area contributed by atoms with Crippen LogP contribution in [0.5, 0.6) is 5.75 Å². The van der Waals surface area contributed by atoms with Gasteiger partial charge in [-0.2, -0.15) is 0 Å². The first-order valence-electron chi connectivity index (χ1n) is 6.48. The number of carbonyl (C=O) groups is 1. The summed E-state index contributed by atoms with van der Waals surface area (Å²) in [5.41, 5.74) is 0.449. The summed E-state index contributed by atoms with van der Waals surface area (Å²) in [4.78, 5) is 12.0. The van der Waals surface area contributed by atoms with E-state index in [4.69, 9.17) is 23.2 Å². The molecule has 19 heavy (non-hydrogen) atoms. The Morgan fingerprint density at radius 2 is 2.11 bits per heavy atom. The molecule has 1 fully saturated rings. The zero-order chi connectivity index (χ0) is 13.8. The summed E-state index contributed by atoms with van der Waals surface area (Å²) in [5.74, 6) is 0.134. The van der Waals surface area contributed by atoms with E-state index in [1.165, 1.54) is 25.0 Å². The number of carbonyl (C=O) groups excluding carboxylic acids is 1. The van der Waals surface area contributed by atoms with Gasteiger partial charge < -0.3 is 10.4 Å². The molecule has 5 heteroatoms. The van der Waals surface area contributed by atoms with E-state index in [1.54, 1.807) is 6.07 Å². The first kappa shape index (κ1) is 14.5. The van der Waals surface area contributed by atoms with Gasteiger partial charge in [-0.25, -0.2) is 0 Å². The van der Waals surface area contributed by atoms with Crippen LogP contribution in [0.1, 0.15) is 36.0 Å². The smallest absolute Gasteiger partial charge is 0.251 e. The summed E-state index contributed by atoms with van der Waals surface area (Å²) in [6, 6.07) is 4.43. The standard InChI is InChI=1S/C14H17Cl2NO2/c15-11-4-2-1-3-10(11)8-17-14(19)9-5-6-13(18)12(16)7-9/h5-7,10-11,18H,1-4,8H2,(H,17,19). The highest BCUT2D eigenvalue weighted by Crippen LogP contribution is 2.28. The fraction of sp³-hybridized carbons (Fsp3) is 0.500. The molecule has 0 saturated heterocycles. The molecule has 1 aliphatic carbocycles. The monoisotopic (exact) mass is 301 g/mol. The summed E-state index contributed by atoms with van der Waals surface area (Å²) < 4.78 is 0. The van der Waals surface area contributed by atoms with Gasteiger partial charge in [0.2, 0.25) is 0 Å². The molecule has 3 nitrogen and oxygen atoms in total. The van der Waals surface area contributed by atoms with Gasteiger partial charge in [-0.1, -0.05) is 24.4 Å². The van der Waals surface area contributed by atoms with Crippen LogP contribution in [0.3, 0.4) is 0 Å². The maximum absolute atomic E-state index is 12.0. The number of phenolic OH excluding ortho intramolecular Hbond substituents is 1. The number of aromatic hydroxyl groups is 1. The Balaban J connectivity index is 1.91. The zero-order valence-electron chi connectivity index (χ0n) is 10.5. The third kappa shape index (κ3) is 3.77. The Morgan fingerprint density at radius 1 is 1.37 bits per heavy atom. The quantitative estimate of drug-likeness (QED) is 0.839. The number of amides is 1. The molecule has 2 N–H and O–H groups in total. The van der Waals surface area contributed by atoms with Crippen LogP contribution < -0.4 is 5.32 Å². The lowest BCUT2D eigenvalue weighted by atomic mass is 9.88. The van der Waals surface area contributed by atoms with E-state index in [2.05, 4.69) is 5.32 Å². The highest BCUT2D eigenvalue weighted by atomic mass is 35.5. The van der Waals surface area contributed by atoms with Gasteiger partial charge >= 0.3 is 0 Å². The number of halogens is 2. The molecule has 0 aliphatic heterocycles. The molecular formula is C14H17Cl2NO2. The minimum Gasteiger partial charge on any atom is -0.506 e. The van der Waals surface area contributed by atoms with Crippen LogP contribution in [-0.4, -0.2) is 22.9 Å². The number of alkyl halides is 1. The maximum Gasteiger partial charge on any atom is 0.251 e. The first-order valence-corrected chi connectivity index (χ1v) is 7.30. The molecule has 1 aromatic rings. The van der Waals surface area contributed by atoms with Crippen molar-refractivity contribution in [2.45, 2.75) is 31.1 Å². The lowest BCUT2D eigenvalue weighted by Crippen LogP contribution is -2.34. The lowest BCUT2D eigenvalue weighted by Gasteiger charge is -2.27. The molecule has 104 valence electrons. The Bertz CT molecular complexity index is 465. The van der Waals surface area contributed by atoms with Crippen molar-refractivity contribution in [1.29, 1.82) is 0 Å². The van der Waals surface area contributed by atoms with Gasteiger partial charge in [0.1, 0.15) is 5.75 Å². The van der Waals surface area contributed by atoms with Crippen molar-refractivity contribution in [1.82, 2.24) is 5.32 Å². The van der Waals surface area contributed by atoms with Crippen molar-refractivity contribution in [3.63, 3.8) is 0 Å². The largest absolute Gasteiger partial charge is 0.506 e. The molecule has 1 saturated carbocycles. The number of nitrogens with one attached hydrogen (secondary N) is 1. The topological polar surface area (TPSA) is 49.3 Å². The van der Waals surface area contributed by atoms with E-state index in [0.717, 1.165) is 12.8 Å². The molecule has 0 spiro atoms. The van der Waals surface area contributed by atoms with Gasteiger partial charge in [-0.3, -0.25) is 4.79 Å². The maximum atomic E-state index is 12.0. The molecule has 2 rings (SSSR count). The number of phenols is 1. The van der Waals surface area contributed by atoms with E-state index in [0.29, 0.717) is 18.0 Å². The second-order valence-electron chi connectivity index (χ2n) is 4.94. The van der Waals surface area contributed by atoms with Gasteiger partial charge in [0.15, 0.2) is 0 Å². The van der Waals surface area contributed by atoms with E-state index in [-0.39, 0.29) is 22.1 Å². The summed E-state index contributed by atoms with van der Waals surface area (Å²) in [6.07, 6.45) is 4.43. The zero-order valence-corrected chi connectivity index (χ0v) is 12.0. The van der Waals surface area contributed by atoms with Crippen LogP contribution in [0.2, 0.25) is 5.02 Å². The van der Waals surface area contributed by atoms with Crippen molar-refractivity contribution in [2.75, 3.05) is 6.54 Å². The number of rotatable bonds is 3. The van der Waals surface area contributed by atoms with Crippen LogP contribution in [0.4, 0.5) is 0 Å². The van der Waals surface area contributed by atoms with Crippen molar-refractivity contribution in [3.05, 3.63) is 28.8 Å². The van der Waals surface area contributed by atoms with Gasteiger partial charge in [-0.15, -0.1) is 11.6 Å². The second kappa shape index (κ2) is 6.49. The number of hydrogen-bond donors (Lipinski definition) is 2. The van der Waals surface area contributed by atoms with Crippen LogP contribution >= 0.6 is 23.2 Å². The third-order valence-corrected chi connectivity index (χ3v) is 4.43. The highest BCUT2D eigenvalue weighted by molar-refractivity contribution is 6.32. The Morgan fingerprint density at radius 3 is 2.79 bits per heavy atom. The summed E-state index contributed by atoms with van der Waals surface area (Å²) >= 11 is 12.0. The molecular weight excluding hydrogens is 285 g/mol. The summed E-state index contributed by atoms with van der Waals surface area (Å²) in [5, 5.41) is 12.5. The highest BCUT2D eigenvalue weighted by Gasteiger charge is 2.23. The van der Waals surface area contributed by atoms with Crippen LogP contribution in [0.25, 0.3) is 0 Å². The van der Waals surface area contributed by atoms with Crippen LogP contribution in [0, 0.1) is 5.92 Å². The minimum absolute atomic E-state index is 0.0219. The molecule has 0 heterocycles. The van der Waals surface area contributed by atoms with E-state index in [9.17, 15) is 9.90 Å². The fourth-order valence-electron chi connectivity index (χ4n) is 2.37. The molecule has 1 amide bonds. The normalized spacial score (nSPS) is 23.1. The Labute approximate surface area is 122 Å². The molecule has 1 aliphatic rings. The van der Waals surface area contributed by atoms with Crippen molar-refractivity contribution >= 4 is 29.1 Å². The van der Waals surface area contributed by atoms with E-state index < -0.39 is 0 Å². The van der Waals surface area contributed by atoms with Crippen LogP contribution in [0.15, 0.2) is 18.2 Å². The van der Waals surface area contributed by atoms with Gasteiger partial charge in [-0.05, 0) is 37.0 Å². The summed E-state index contributed by atoms with van der Waals surface area (Å²) in [7, 11) is 0. The minimum atomic E-state index is -0.184. The average molecular weight is 302 g/mol. The molecule has 1 aromatic carbocycles. The van der Waals surface area contributed by atoms with Crippen LogP contribution in [-0.2, 0) is 0 Å². The van der Waals surface area contributed by atoms with Gasteiger partial charge in [0.25, 0.3) is 5.91 Å². The number of benzene rings is 1. The molecule has 2 atom stereocenters. The van der Waals surface area contributed by atoms with Gasteiger partial charge in [0.05, 0.1) is 5.02 Å². The molecule has 0 bridgehead atoms. The van der Waals surface area contributed by atoms with Crippen molar-refractivity contribution in [2.24, 2.45) is 5.92 Å². The Hall–Kier alpha value is -0.930. The van der Waals surface area contributed by atoms with Gasteiger partial charge in [0, 0.05) is 17.5 Å². The third-order valence-electron chi connectivity index (χ3n) is 3.55. The van der Waals surface area contributed by atoms with E-state index >= 15 is 0 Å². The predicted molar refractivity (Wildman–Crippen MR) is 77.0 cm³/mol. The Kier molecular flexibility index (Phi) is 4.94. The predicted octanol–water partition coefficient (Wildman–Crippen LogP) is 3.57. The number of hydrogen-bond acceptors (Lipinski definition) is 2. The lowest BCUT2D eigenvalue weighted by molar-refractivity contribution is 0.0944. The second-order valence-corrected chi connectivity index (χ2v) is 5.90. The van der Waals surface area contributed by atoms with Crippen molar-refractivity contribution in [3.8, 4) is 5.75 Å². The SMILES string of the molecule is O=C(NCC1CCCCC1Cl)c1ccc(O)c(Cl)c1.